The maximum absolute atomic E-state index is 13.3. The number of hydrogen-bond donors (Lipinski definition) is 0. The minimum atomic E-state index is -0.499. The number of benzene rings is 1. The fourth-order valence-corrected chi connectivity index (χ4v) is 1.94. The summed E-state index contributed by atoms with van der Waals surface area (Å²) in [5.74, 6) is -0.499. The maximum atomic E-state index is 13.3. The molecule has 0 atom stereocenters. The van der Waals surface area contributed by atoms with E-state index in [1.165, 1.54) is 23.0 Å². The zero-order valence-electron chi connectivity index (χ0n) is 9.45. The molecule has 0 spiro atoms. The zero-order valence-corrected chi connectivity index (χ0v) is 11.8. The molecule has 2 aromatic rings. The molecule has 0 saturated carbocycles. The van der Waals surface area contributed by atoms with Crippen molar-refractivity contribution in [1.82, 2.24) is 9.55 Å². The van der Waals surface area contributed by atoms with E-state index in [2.05, 4.69) is 20.9 Å². The first-order valence-corrected chi connectivity index (χ1v) is 6.31. The van der Waals surface area contributed by atoms with Gasteiger partial charge in [0.15, 0.2) is 0 Å². The summed E-state index contributed by atoms with van der Waals surface area (Å²) in [6.45, 7) is 1.98. The van der Waals surface area contributed by atoms with Gasteiger partial charge in [-0.1, -0.05) is 17.7 Å². The Balaban J connectivity index is 2.37. The fraction of sp³-hybridized carbons (Fsp3) is 0.167. The molecule has 0 bridgehead atoms. The lowest BCUT2D eigenvalue weighted by atomic mass is 10.2. The van der Waals surface area contributed by atoms with Gasteiger partial charge >= 0.3 is 0 Å². The Bertz CT molecular complexity index is 657. The van der Waals surface area contributed by atoms with Gasteiger partial charge in [-0.2, -0.15) is 0 Å². The summed E-state index contributed by atoms with van der Waals surface area (Å²) in [5, 5.41) is 0.0642. The first-order chi connectivity index (χ1) is 8.49. The third kappa shape index (κ3) is 2.62. The molecule has 1 aromatic carbocycles. The van der Waals surface area contributed by atoms with E-state index in [0.29, 0.717) is 15.7 Å². The van der Waals surface area contributed by atoms with Gasteiger partial charge in [0.1, 0.15) is 10.3 Å². The summed E-state index contributed by atoms with van der Waals surface area (Å²) in [7, 11) is 0. The highest BCUT2D eigenvalue weighted by Crippen LogP contribution is 2.16. The molecule has 0 amide bonds. The zero-order chi connectivity index (χ0) is 13.3. The molecule has 0 radical (unpaired) electrons. The predicted octanol–water partition coefficient (Wildman–Crippen LogP) is 3.16. The smallest absolute Gasteiger partial charge is 0.268 e. The third-order valence-corrected chi connectivity index (χ3v) is 3.71. The number of aryl methyl sites for hydroxylation is 1. The minimum Gasteiger partial charge on any atom is -0.294 e. The van der Waals surface area contributed by atoms with Crippen molar-refractivity contribution in [2.45, 2.75) is 13.5 Å². The van der Waals surface area contributed by atoms with Gasteiger partial charge in [-0.25, -0.2) is 9.37 Å². The summed E-state index contributed by atoms with van der Waals surface area (Å²) in [5.41, 5.74) is 1.08. The molecule has 1 heterocycles. The van der Waals surface area contributed by atoms with Crippen molar-refractivity contribution in [2.24, 2.45) is 0 Å². The standard InChI is InChI=1S/C12H9BrClFN2O/c1-7-11(13)12(18)17(6-16-7)5-8-2-3-9(14)10(15)4-8/h2-4,6H,5H2,1H3. The van der Waals surface area contributed by atoms with Crippen LogP contribution in [0.2, 0.25) is 5.02 Å². The molecule has 3 nitrogen and oxygen atoms in total. The summed E-state index contributed by atoms with van der Waals surface area (Å²) >= 11 is 8.78. The van der Waals surface area contributed by atoms with Crippen LogP contribution in [0.5, 0.6) is 0 Å². The topological polar surface area (TPSA) is 34.9 Å². The molecular formula is C12H9BrClFN2O. The van der Waals surface area contributed by atoms with E-state index in [9.17, 15) is 9.18 Å². The molecule has 0 aliphatic rings. The summed E-state index contributed by atoms with van der Waals surface area (Å²) < 4.78 is 15.1. The van der Waals surface area contributed by atoms with E-state index in [1.807, 2.05) is 0 Å². The third-order valence-electron chi connectivity index (χ3n) is 2.49. The van der Waals surface area contributed by atoms with Gasteiger partial charge in [-0.05, 0) is 40.5 Å². The van der Waals surface area contributed by atoms with E-state index in [1.54, 1.807) is 13.0 Å². The fourth-order valence-electron chi connectivity index (χ4n) is 1.49. The van der Waals surface area contributed by atoms with Crippen LogP contribution in [0.1, 0.15) is 11.3 Å². The van der Waals surface area contributed by atoms with Crippen molar-refractivity contribution < 1.29 is 4.39 Å². The van der Waals surface area contributed by atoms with Gasteiger partial charge in [0.2, 0.25) is 0 Å². The highest BCUT2D eigenvalue weighted by atomic mass is 79.9. The number of halogens is 3. The highest BCUT2D eigenvalue weighted by Gasteiger charge is 2.07. The van der Waals surface area contributed by atoms with Gasteiger partial charge in [-0.15, -0.1) is 0 Å². The first-order valence-electron chi connectivity index (χ1n) is 5.14. The largest absolute Gasteiger partial charge is 0.294 e. The van der Waals surface area contributed by atoms with Crippen molar-refractivity contribution >= 4 is 27.5 Å². The molecule has 94 valence electrons. The maximum Gasteiger partial charge on any atom is 0.268 e. The van der Waals surface area contributed by atoms with Crippen LogP contribution in [0.15, 0.2) is 33.8 Å². The lowest BCUT2D eigenvalue weighted by molar-refractivity contribution is 0.622. The van der Waals surface area contributed by atoms with Gasteiger partial charge < -0.3 is 0 Å². The second kappa shape index (κ2) is 5.20. The SMILES string of the molecule is Cc1ncn(Cc2ccc(Cl)c(F)c2)c(=O)c1Br. The lowest BCUT2D eigenvalue weighted by Gasteiger charge is -2.07. The van der Waals surface area contributed by atoms with Crippen LogP contribution in [-0.2, 0) is 6.54 Å². The van der Waals surface area contributed by atoms with Crippen molar-refractivity contribution in [2.75, 3.05) is 0 Å². The van der Waals surface area contributed by atoms with Crippen molar-refractivity contribution in [3.63, 3.8) is 0 Å². The molecule has 18 heavy (non-hydrogen) atoms. The van der Waals surface area contributed by atoms with Gasteiger partial charge in [0, 0.05) is 0 Å². The summed E-state index contributed by atoms with van der Waals surface area (Å²) in [6.07, 6.45) is 1.44. The van der Waals surface area contributed by atoms with Gasteiger partial charge in [-0.3, -0.25) is 9.36 Å². The van der Waals surface area contributed by atoms with Crippen LogP contribution in [0.4, 0.5) is 4.39 Å². The Morgan fingerprint density at radius 1 is 1.50 bits per heavy atom. The van der Waals surface area contributed by atoms with Crippen LogP contribution in [0.25, 0.3) is 0 Å². The molecule has 1 aromatic heterocycles. The molecule has 0 fully saturated rings. The van der Waals surface area contributed by atoms with E-state index >= 15 is 0 Å². The average molecular weight is 332 g/mol. The summed E-state index contributed by atoms with van der Waals surface area (Å²) in [4.78, 5) is 16.0. The van der Waals surface area contributed by atoms with Crippen LogP contribution in [-0.4, -0.2) is 9.55 Å². The van der Waals surface area contributed by atoms with Crippen molar-refractivity contribution in [3.8, 4) is 0 Å². The molecule has 2 rings (SSSR count). The van der Waals surface area contributed by atoms with Gasteiger partial charge in [0.25, 0.3) is 5.56 Å². The second-order valence-electron chi connectivity index (χ2n) is 3.83. The van der Waals surface area contributed by atoms with Crippen LogP contribution < -0.4 is 5.56 Å². The quantitative estimate of drug-likeness (QED) is 0.847. The van der Waals surface area contributed by atoms with Crippen molar-refractivity contribution in [1.29, 1.82) is 0 Å². The molecule has 0 saturated heterocycles. The number of rotatable bonds is 2. The molecule has 0 N–H and O–H groups in total. The van der Waals surface area contributed by atoms with Crippen LogP contribution in [0, 0.1) is 12.7 Å². The van der Waals surface area contributed by atoms with Crippen LogP contribution in [0.3, 0.4) is 0 Å². The number of aromatic nitrogens is 2. The normalized spacial score (nSPS) is 10.7. The van der Waals surface area contributed by atoms with Gasteiger partial charge in [0.05, 0.1) is 23.6 Å². The molecular weight excluding hydrogens is 322 g/mol. The van der Waals surface area contributed by atoms with E-state index < -0.39 is 5.82 Å². The van der Waals surface area contributed by atoms with E-state index in [0.717, 1.165) is 0 Å². The molecule has 0 aliphatic carbocycles. The Morgan fingerprint density at radius 3 is 2.89 bits per heavy atom. The Hall–Kier alpha value is -1.20. The second-order valence-corrected chi connectivity index (χ2v) is 5.03. The summed E-state index contributed by atoms with van der Waals surface area (Å²) in [6, 6.07) is 4.45. The van der Waals surface area contributed by atoms with Crippen LogP contribution >= 0.6 is 27.5 Å². The predicted molar refractivity (Wildman–Crippen MR) is 71.4 cm³/mol. The minimum absolute atomic E-state index is 0.0642. The van der Waals surface area contributed by atoms with Crippen molar-refractivity contribution in [3.05, 3.63) is 61.5 Å². The first kappa shape index (κ1) is 13.2. The number of hydrogen-bond acceptors (Lipinski definition) is 2. The monoisotopic (exact) mass is 330 g/mol. The Kier molecular flexibility index (Phi) is 3.82. The van der Waals surface area contributed by atoms with E-state index in [-0.39, 0.29) is 17.1 Å². The highest BCUT2D eigenvalue weighted by molar-refractivity contribution is 9.10. The Morgan fingerprint density at radius 2 is 2.22 bits per heavy atom. The van der Waals surface area contributed by atoms with E-state index in [4.69, 9.17) is 11.6 Å². The molecule has 6 heteroatoms. The average Bonchev–Trinajstić information content (AvgIpc) is 2.34. The number of nitrogens with zero attached hydrogens (tertiary/aromatic N) is 2. The Labute approximate surface area is 116 Å². The molecule has 0 unspecified atom stereocenters. The lowest BCUT2D eigenvalue weighted by Crippen LogP contribution is -2.22. The molecule has 0 aliphatic heterocycles.